The lowest BCUT2D eigenvalue weighted by Gasteiger charge is -2.28. The van der Waals surface area contributed by atoms with Gasteiger partial charge in [-0.15, -0.1) is 11.3 Å². The van der Waals surface area contributed by atoms with E-state index in [0.29, 0.717) is 17.0 Å². The topological polar surface area (TPSA) is 88.2 Å². The van der Waals surface area contributed by atoms with E-state index in [9.17, 15) is 4.79 Å². The molecule has 0 bridgehead atoms. The van der Waals surface area contributed by atoms with Crippen molar-refractivity contribution in [3.05, 3.63) is 23.3 Å². The maximum absolute atomic E-state index is 12.4. The third-order valence-electron chi connectivity index (χ3n) is 3.60. The number of anilines is 1. The molecule has 1 unspecified atom stereocenters. The number of fused-ring (bicyclic) bond motifs is 1. The average Bonchev–Trinajstić information content (AvgIpc) is 2.77. The van der Waals surface area contributed by atoms with Crippen molar-refractivity contribution >= 4 is 33.0 Å². The van der Waals surface area contributed by atoms with Crippen LogP contribution < -0.4 is 11.1 Å². The zero-order valence-electron chi connectivity index (χ0n) is 11.6. The number of hydrogen-bond acceptors (Lipinski definition) is 5. The Morgan fingerprint density at radius 2 is 2.35 bits per heavy atom. The number of rotatable bonds is 5. The number of aliphatic hydroxyl groups is 1. The summed E-state index contributed by atoms with van der Waals surface area (Å²) in [7, 11) is 0. The average molecular weight is 293 g/mol. The second-order valence-electron chi connectivity index (χ2n) is 5.06. The normalized spacial score (nSPS) is 14.2. The minimum Gasteiger partial charge on any atom is -0.397 e. The van der Waals surface area contributed by atoms with Crippen LogP contribution in [0.15, 0.2) is 18.5 Å². The van der Waals surface area contributed by atoms with Gasteiger partial charge in [0.25, 0.3) is 5.91 Å². The van der Waals surface area contributed by atoms with Crippen molar-refractivity contribution in [2.45, 2.75) is 32.2 Å². The van der Waals surface area contributed by atoms with Gasteiger partial charge in [0.15, 0.2) is 0 Å². The number of nitrogens with two attached hydrogens (primary N) is 1. The SMILES string of the molecule is CCC(C)(CCO)NC(=O)c1sc2cnccc2c1N. The van der Waals surface area contributed by atoms with Gasteiger partial charge in [-0.1, -0.05) is 6.92 Å². The Morgan fingerprint density at radius 3 is 2.95 bits per heavy atom. The summed E-state index contributed by atoms with van der Waals surface area (Å²) in [6.45, 7) is 3.94. The van der Waals surface area contributed by atoms with Gasteiger partial charge in [0, 0.05) is 29.9 Å². The minimum atomic E-state index is -0.424. The van der Waals surface area contributed by atoms with Crippen molar-refractivity contribution in [1.82, 2.24) is 10.3 Å². The fourth-order valence-electron chi connectivity index (χ4n) is 2.05. The van der Waals surface area contributed by atoms with Gasteiger partial charge in [0.1, 0.15) is 4.88 Å². The zero-order valence-corrected chi connectivity index (χ0v) is 12.5. The van der Waals surface area contributed by atoms with Crippen molar-refractivity contribution in [3.63, 3.8) is 0 Å². The molecule has 0 spiro atoms. The molecule has 108 valence electrons. The Hall–Kier alpha value is -1.66. The number of aliphatic hydroxyl groups excluding tert-OH is 1. The molecule has 20 heavy (non-hydrogen) atoms. The lowest BCUT2D eigenvalue weighted by Crippen LogP contribution is -2.46. The smallest absolute Gasteiger partial charge is 0.263 e. The van der Waals surface area contributed by atoms with Crippen molar-refractivity contribution < 1.29 is 9.90 Å². The molecule has 0 aromatic carbocycles. The minimum absolute atomic E-state index is 0.0381. The Balaban J connectivity index is 2.29. The fourth-order valence-corrected chi connectivity index (χ4v) is 3.03. The number of pyridine rings is 1. The molecule has 2 aromatic heterocycles. The van der Waals surface area contributed by atoms with Crippen LogP contribution in [-0.4, -0.2) is 28.1 Å². The Bertz CT molecular complexity index is 626. The highest BCUT2D eigenvalue weighted by molar-refractivity contribution is 7.21. The van der Waals surface area contributed by atoms with Gasteiger partial charge < -0.3 is 16.2 Å². The van der Waals surface area contributed by atoms with E-state index >= 15 is 0 Å². The molecule has 0 fully saturated rings. The third kappa shape index (κ3) is 2.76. The van der Waals surface area contributed by atoms with Gasteiger partial charge in [-0.25, -0.2) is 0 Å². The van der Waals surface area contributed by atoms with E-state index in [1.807, 2.05) is 19.9 Å². The van der Waals surface area contributed by atoms with Crippen molar-refractivity contribution in [2.75, 3.05) is 12.3 Å². The van der Waals surface area contributed by atoms with Gasteiger partial charge in [0.2, 0.25) is 0 Å². The first-order valence-corrected chi connectivity index (χ1v) is 7.38. The summed E-state index contributed by atoms with van der Waals surface area (Å²) in [5.41, 5.74) is 6.12. The van der Waals surface area contributed by atoms with Crippen LogP contribution in [-0.2, 0) is 0 Å². The van der Waals surface area contributed by atoms with Gasteiger partial charge in [-0.3, -0.25) is 9.78 Å². The fraction of sp³-hybridized carbons (Fsp3) is 0.429. The second kappa shape index (κ2) is 5.76. The highest BCUT2D eigenvalue weighted by atomic mass is 32.1. The molecule has 2 heterocycles. The highest BCUT2D eigenvalue weighted by Gasteiger charge is 2.26. The Labute approximate surface area is 121 Å². The predicted molar refractivity (Wildman–Crippen MR) is 81.9 cm³/mol. The molecule has 5 nitrogen and oxygen atoms in total. The van der Waals surface area contributed by atoms with Gasteiger partial charge >= 0.3 is 0 Å². The van der Waals surface area contributed by atoms with E-state index in [-0.39, 0.29) is 12.5 Å². The van der Waals surface area contributed by atoms with Gasteiger partial charge in [0.05, 0.1) is 10.4 Å². The quantitative estimate of drug-likeness (QED) is 0.788. The van der Waals surface area contributed by atoms with Crippen LogP contribution in [0.1, 0.15) is 36.4 Å². The number of aromatic nitrogens is 1. The van der Waals surface area contributed by atoms with Crippen molar-refractivity contribution in [2.24, 2.45) is 0 Å². The lowest BCUT2D eigenvalue weighted by atomic mass is 9.95. The molecule has 0 aliphatic carbocycles. The maximum atomic E-state index is 12.4. The summed E-state index contributed by atoms with van der Waals surface area (Å²) in [6.07, 6.45) is 4.63. The van der Waals surface area contributed by atoms with Crippen LogP contribution in [0.3, 0.4) is 0 Å². The van der Waals surface area contributed by atoms with E-state index in [2.05, 4.69) is 10.3 Å². The third-order valence-corrected chi connectivity index (χ3v) is 4.75. The number of nitrogens with zero attached hydrogens (tertiary/aromatic N) is 1. The second-order valence-corrected chi connectivity index (χ2v) is 6.11. The molecule has 0 saturated heterocycles. The summed E-state index contributed by atoms with van der Waals surface area (Å²) < 4.78 is 0.899. The number of amides is 1. The lowest BCUT2D eigenvalue weighted by molar-refractivity contribution is 0.0891. The number of hydrogen-bond donors (Lipinski definition) is 3. The molecule has 1 amide bonds. The first kappa shape index (κ1) is 14.7. The van der Waals surface area contributed by atoms with E-state index in [0.717, 1.165) is 16.5 Å². The first-order valence-electron chi connectivity index (χ1n) is 6.56. The number of carbonyl (C=O) groups is 1. The molecule has 2 rings (SSSR count). The highest BCUT2D eigenvalue weighted by Crippen LogP contribution is 2.33. The van der Waals surface area contributed by atoms with Crippen LogP contribution in [0, 0.1) is 0 Å². The molecule has 0 aliphatic heterocycles. The Morgan fingerprint density at radius 1 is 1.60 bits per heavy atom. The zero-order chi connectivity index (χ0) is 14.8. The van der Waals surface area contributed by atoms with Crippen molar-refractivity contribution in [1.29, 1.82) is 0 Å². The van der Waals surface area contributed by atoms with Crippen LogP contribution in [0.5, 0.6) is 0 Å². The number of nitrogen functional groups attached to an aromatic ring is 1. The predicted octanol–water partition coefficient (Wildman–Crippen LogP) is 2.16. The standard InChI is InChI=1S/C14H19N3O2S/c1-3-14(2,5-7-18)17-13(19)12-11(15)9-4-6-16-8-10(9)20-12/h4,6,8,18H,3,5,7,15H2,1-2H3,(H,17,19). The van der Waals surface area contributed by atoms with E-state index < -0.39 is 5.54 Å². The molecule has 1 atom stereocenters. The molecule has 2 aromatic rings. The molecular formula is C14H19N3O2S. The number of nitrogens with one attached hydrogen (secondary N) is 1. The molecule has 6 heteroatoms. The summed E-state index contributed by atoms with van der Waals surface area (Å²) in [6, 6.07) is 1.81. The van der Waals surface area contributed by atoms with Crippen LogP contribution in [0.25, 0.3) is 10.1 Å². The van der Waals surface area contributed by atoms with Crippen LogP contribution in [0.4, 0.5) is 5.69 Å². The number of thiophene rings is 1. The van der Waals surface area contributed by atoms with Crippen LogP contribution in [0.2, 0.25) is 0 Å². The first-order chi connectivity index (χ1) is 9.50. The summed E-state index contributed by atoms with van der Waals surface area (Å²) in [4.78, 5) is 16.9. The van der Waals surface area contributed by atoms with Crippen LogP contribution >= 0.6 is 11.3 Å². The van der Waals surface area contributed by atoms with E-state index in [1.54, 1.807) is 12.4 Å². The van der Waals surface area contributed by atoms with Gasteiger partial charge in [-0.05, 0) is 25.8 Å². The molecule has 0 radical (unpaired) electrons. The summed E-state index contributed by atoms with van der Waals surface area (Å²) >= 11 is 1.34. The van der Waals surface area contributed by atoms with E-state index in [1.165, 1.54) is 11.3 Å². The molecule has 0 aliphatic rings. The van der Waals surface area contributed by atoms with Crippen molar-refractivity contribution in [3.8, 4) is 0 Å². The maximum Gasteiger partial charge on any atom is 0.263 e. The molecular weight excluding hydrogens is 274 g/mol. The summed E-state index contributed by atoms with van der Waals surface area (Å²) in [5, 5.41) is 12.9. The largest absolute Gasteiger partial charge is 0.397 e. The monoisotopic (exact) mass is 293 g/mol. The molecule has 4 N–H and O–H groups in total. The van der Waals surface area contributed by atoms with Gasteiger partial charge in [-0.2, -0.15) is 0 Å². The molecule has 0 saturated carbocycles. The summed E-state index contributed by atoms with van der Waals surface area (Å²) in [5.74, 6) is -0.193. The number of carbonyl (C=O) groups excluding carboxylic acids is 1. The van der Waals surface area contributed by atoms with E-state index in [4.69, 9.17) is 10.8 Å². The Kier molecular flexibility index (Phi) is 4.25.